The number of fused-ring (bicyclic) bond motifs is 1. The summed E-state index contributed by atoms with van der Waals surface area (Å²) in [7, 11) is 3.21. The Morgan fingerprint density at radius 3 is 2.78 bits per heavy atom. The molecule has 0 radical (unpaired) electrons. The summed E-state index contributed by atoms with van der Waals surface area (Å²) in [5.41, 5.74) is 3.07. The van der Waals surface area contributed by atoms with Gasteiger partial charge in [0.05, 0.1) is 34.5 Å². The van der Waals surface area contributed by atoms with Crippen molar-refractivity contribution in [2.24, 2.45) is 7.05 Å². The first-order chi connectivity index (χ1) is 15.3. The van der Waals surface area contributed by atoms with Gasteiger partial charge >= 0.3 is 5.69 Å². The maximum atomic E-state index is 13.9. The molecule has 0 saturated carbocycles. The number of ether oxygens (including phenoxy) is 1. The van der Waals surface area contributed by atoms with Crippen LogP contribution in [-0.2, 0) is 7.05 Å². The smallest absolute Gasteiger partial charge is 0.307 e. The van der Waals surface area contributed by atoms with Crippen molar-refractivity contribution in [3.8, 4) is 23.1 Å². The van der Waals surface area contributed by atoms with Gasteiger partial charge in [-0.05, 0) is 30.7 Å². The molecule has 2 aromatic carbocycles. The summed E-state index contributed by atoms with van der Waals surface area (Å²) in [4.78, 5) is 18.9. The molecule has 2 aromatic heterocycles. The zero-order chi connectivity index (χ0) is 23.0. The van der Waals surface area contributed by atoms with E-state index in [4.69, 9.17) is 4.74 Å². The Bertz CT molecular complexity index is 1420. The number of halogens is 1. The van der Waals surface area contributed by atoms with E-state index in [1.165, 1.54) is 13.3 Å². The highest BCUT2D eigenvalue weighted by Crippen LogP contribution is 2.34. The van der Waals surface area contributed by atoms with Gasteiger partial charge in [0.2, 0.25) is 11.8 Å². The third-order valence-electron chi connectivity index (χ3n) is 5.06. The minimum atomic E-state index is -1.01. The molecule has 4 aromatic rings. The Hall–Kier alpha value is -4.52. The van der Waals surface area contributed by atoms with Crippen LogP contribution in [0.15, 0.2) is 42.7 Å². The molecule has 0 unspecified atom stereocenters. The molecule has 0 bridgehead atoms. The van der Waals surface area contributed by atoms with Crippen LogP contribution < -0.4 is 10.1 Å². The highest BCUT2D eigenvalue weighted by molar-refractivity contribution is 5.92. The van der Waals surface area contributed by atoms with Crippen LogP contribution in [0.4, 0.5) is 21.7 Å². The van der Waals surface area contributed by atoms with Gasteiger partial charge in [0.15, 0.2) is 0 Å². The molecule has 32 heavy (non-hydrogen) atoms. The Kier molecular flexibility index (Phi) is 5.16. The molecule has 160 valence electrons. The molecule has 0 aliphatic carbocycles. The highest BCUT2D eigenvalue weighted by atomic mass is 19.1. The van der Waals surface area contributed by atoms with Crippen LogP contribution in [0.3, 0.4) is 0 Å². The van der Waals surface area contributed by atoms with Crippen molar-refractivity contribution in [1.29, 1.82) is 5.26 Å². The van der Waals surface area contributed by atoms with Crippen LogP contribution in [0.5, 0.6) is 5.75 Å². The molecule has 10 heteroatoms. The molecule has 0 aliphatic rings. The van der Waals surface area contributed by atoms with E-state index in [0.29, 0.717) is 16.8 Å². The summed E-state index contributed by atoms with van der Waals surface area (Å²) in [6.07, 6.45) is 3.47. The number of aryl methyl sites for hydroxylation is 2. The van der Waals surface area contributed by atoms with Crippen LogP contribution in [0.25, 0.3) is 22.2 Å². The summed E-state index contributed by atoms with van der Waals surface area (Å²) in [5.74, 6) is -0.817. The van der Waals surface area contributed by atoms with Gasteiger partial charge in [-0.1, -0.05) is 0 Å². The summed E-state index contributed by atoms with van der Waals surface area (Å²) >= 11 is 0. The third kappa shape index (κ3) is 3.56. The molecule has 0 saturated heterocycles. The molecule has 4 rings (SSSR count). The van der Waals surface area contributed by atoms with E-state index in [2.05, 4.69) is 21.4 Å². The number of hydrogen-bond donors (Lipinski definition) is 1. The molecular weight excluding hydrogens is 415 g/mol. The quantitative estimate of drug-likeness (QED) is 0.361. The van der Waals surface area contributed by atoms with Gasteiger partial charge in [0.25, 0.3) is 0 Å². The van der Waals surface area contributed by atoms with Crippen molar-refractivity contribution in [3.05, 3.63) is 69.8 Å². The zero-order valence-corrected chi connectivity index (χ0v) is 17.4. The number of nitriles is 1. The lowest BCUT2D eigenvalue weighted by molar-refractivity contribution is -0.387. The monoisotopic (exact) mass is 432 g/mol. The van der Waals surface area contributed by atoms with Crippen LogP contribution in [0.1, 0.15) is 11.1 Å². The summed E-state index contributed by atoms with van der Waals surface area (Å²) in [6, 6.07) is 9.56. The van der Waals surface area contributed by atoms with E-state index in [0.717, 1.165) is 28.6 Å². The number of hydrogen-bond acceptors (Lipinski definition) is 7. The number of nitrogens with one attached hydrogen (secondary N) is 1. The summed E-state index contributed by atoms with van der Waals surface area (Å²) < 4.78 is 21.0. The van der Waals surface area contributed by atoms with Gasteiger partial charge in [0.1, 0.15) is 11.8 Å². The first-order valence-electron chi connectivity index (χ1n) is 9.44. The summed E-state index contributed by atoms with van der Waals surface area (Å²) in [5, 5.41) is 24.5. The number of nitrogens with zero attached hydrogens (tertiary/aromatic N) is 5. The van der Waals surface area contributed by atoms with E-state index in [-0.39, 0.29) is 17.4 Å². The van der Waals surface area contributed by atoms with Gasteiger partial charge in [-0.15, -0.1) is 0 Å². The number of aromatic nitrogens is 3. The van der Waals surface area contributed by atoms with Crippen molar-refractivity contribution in [2.75, 3.05) is 12.4 Å². The standard InChI is InChI=1S/C22H17FN6O3/c1-12-11-28(2)21-14(10-24)6-13(7-15(12)21)17-4-5-25-22(26-17)27-18-9-19(29(30)31)16(23)8-20(18)32-3/h4-9,11H,1-3H3,(H,25,26,27). The fourth-order valence-corrected chi connectivity index (χ4v) is 3.62. The van der Waals surface area contributed by atoms with Crippen molar-refractivity contribution in [3.63, 3.8) is 0 Å². The van der Waals surface area contributed by atoms with E-state index >= 15 is 0 Å². The number of nitro benzene ring substituents is 1. The molecule has 2 heterocycles. The molecule has 0 atom stereocenters. The van der Waals surface area contributed by atoms with Crippen LogP contribution >= 0.6 is 0 Å². The molecule has 0 spiro atoms. The number of rotatable bonds is 5. The fourth-order valence-electron chi connectivity index (χ4n) is 3.62. The van der Waals surface area contributed by atoms with Crippen LogP contribution in [0, 0.1) is 34.2 Å². The van der Waals surface area contributed by atoms with E-state index in [1.807, 2.05) is 30.8 Å². The maximum absolute atomic E-state index is 13.9. The largest absolute Gasteiger partial charge is 0.494 e. The Balaban J connectivity index is 1.78. The second kappa shape index (κ2) is 7.96. The third-order valence-corrected chi connectivity index (χ3v) is 5.06. The van der Waals surface area contributed by atoms with Gasteiger partial charge in [-0.25, -0.2) is 9.97 Å². The van der Waals surface area contributed by atoms with Gasteiger partial charge < -0.3 is 14.6 Å². The molecule has 9 nitrogen and oxygen atoms in total. The number of anilines is 2. The molecular formula is C22H17FN6O3. The first kappa shape index (κ1) is 20.7. The lowest BCUT2D eigenvalue weighted by Crippen LogP contribution is -2.02. The van der Waals surface area contributed by atoms with Crippen molar-refractivity contribution >= 4 is 28.2 Å². The minimum Gasteiger partial charge on any atom is -0.494 e. The fraction of sp³-hybridized carbons (Fsp3) is 0.136. The van der Waals surface area contributed by atoms with E-state index in [9.17, 15) is 19.8 Å². The Morgan fingerprint density at radius 1 is 1.31 bits per heavy atom. The predicted molar refractivity (Wildman–Crippen MR) is 116 cm³/mol. The lowest BCUT2D eigenvalue weighted by atomic mass is 10.0. The average molecular weight is 432 g/mol. The second-order valence-corrected chi connectivity index (χ2v) is 7.11. The normalized spacial score (nSPS) is 10.7. The van der Waals surface area contributed by atoms with Crippen molar-refractivity contribution in [2.45, 2.75) is 6.92 Å². The predicted octanol–water partition coefficient (Wildman–Crippen LogP) is 4.61. The SMILES string of the molecule is COc1cc(F)c([N+](=O)[O-])cc1Nc1nccc(-c2cc(C#N)c3c(c2)c(C)cn3C)n1. The number of methoxy groups -OCH3 is 1. The van der Waals surface area contributed by atoms with E-state index in [1.54, 1.807) is 12.1 Å². The molecule has 0 amide bonds. The van der Waals surface area contributed by atoms with Crippen LogP contribution in [-0.4, -0.2) is 26.6 Å². The molecule has 0 aliphatic heterocycles. The lowest BCUT2D eigenvalue weighted by Gasteiger charge is -2.11. The minimum absolute atomic E-state index is 0.0650. The summed E-state index contributed by atoms with van der Waals surface area (Å²) in [6.45, 7) is 1.97. The van der Waals surface area contributed by atoms with E-state index < -0.39 is 16.4 Å². The van der Waals surface area contributed by atoms with Gasteiger partial charge in [-0.3, -0.25) is 10.1 Å². The number of nitro groups is 1. The first-order valence-corrected chi connectivity index (χ1v) is 9.44. The molecule has 1 N–H and O–H groups in total. The average Bonchev–Trinajstić information content (AvgIpc) is 3.07. The Labute approximate surface area is 181 Å². The number of benzene rings is 2. The Morgan fingerprint density at radius 2 is 2.09 bits per heavy atom. The van der Waals surface area contributed by atoms with Crippen molar-refractivity contribution in [1.82, 2.24) is 14.5 Å². The van der Waals surface area contributed by atoms with Crippen molar-refractivity contribution < 1.29 is 14.1 Å². The second-order valence-electron chi connectivity index (χ2n) is 7.11. The maximum Gasteiger partial charge on any atom is 0.307 e. The van der Waals surface area contributed by atoms with Gasteiger partial charge in [-0.2, -0.15) is 9.65 Å². The van der Waals surface area contributed by atoms with Gasteiger partial charge in [0, 0.05) is 42.5 Å². The molecule has 0 fully saturated rings. The highest BCUT2D eigenvalue weighted by Gasteiger charge is 2.20. The topological polar surface area (TPSA) is 119 Å². The zero-order valence-electron chi connectivity index (χ0n) is 17.4. The van der Waals surface area contributed by atoms with Crippen LogP contribution in [0.2, 0.25) is 0 Å².